The number of hydrogen-bond donors (Lipinski definition) is 3. The molecular formula is C29H52B8N8O3. The highest BCUT2D eigenvalue weighted by Crippen LogP contribution is 2.39. The van der Waals surface area contributed by atoms with Gasteiger partial charge in [-0.1, -0.05) is 10.5 Å². The Bertz CT molecular complexity index is 1440. The van der Waals surface area contributed by atoms with Gasteiger partial charge in [0.1, 0.15) is 50.8 Å². The first-order valence-corrected chi connectivity index (χ1v) is 17.8. The van der Waals surface area contributed by atoms with E-state index in [4.69, 9.17) is 25.2 Å². The lowest BCUT2D eigenvalue weighted by atomic mass is 9.22. The molecule has 5 rings (SSSR count). The van der Waals surface area contributed by atoms with Crippen molar-refractivity contribution < 1.29 is 14.3 Å². The number of amides is 1. The van der Waals surface area contributed by atoms with E-state index >= 15 is 0 Å². The van der Waals surface area contributed by atoms with E-state index in [1.807, 2.05) is 12.1 Å². The maximum atomic E-state index is 12.8. The molecule has 0 saturated carbocycles. The number of rotatable bonds is 11. The van der Waals surface area contributed by atoms with E-state index in [0.717, 1.165) is 87.8 Å². The third-order valence-electron chi connectivity index (χ3n) is 11.2. The van der Waals surface area contributed by atoms with Gasteiger partial charge in [-0.05, 0) is 37.8 Å². The first-order chi connectivity index (χ1) is 22.6. The SMILES string of the molecule is BC(B)(B)N1CCN(C2CCN(c3ccc(Nc4nc(NC5CCOCC5)c(C(B)(B)C(B)(B)B)nc4C(N)=O)cc3OC)CC2)CC1. The van der Waals surface area contributed by atoms with E-state index in [2.05, 4.69) is 94.2 Å². The fourth-order valence-electron chi connectivity index (χ4n) is 7.00. The van der Waals surface area contributed by atoms with Crippen LogP contribution in [0.15, 0.2) is 18.2 Å². The lowest BCUT2D eigenvalue weighted by Gasteiger charge is -2.47. The molecule has 4 heterocycles. The van der Waals surface area contributed by atoms with Crippen LogP contribution in [0.1, 0.15) is 41.9 Å². The highest BCUT2D eigenvalue weighted by atomic mass is 16.5. The number of aromatic nitrogens is 2. The summed E-state index contributed by atoms with van der Waals surface area (Å²) in [5, 5.41) is 6.69. The Balaban J connectivity index is 1.35. The fraction of sp³-hybridized carbons (Fsp3) is 0.621. The van der Waals surface area contributed by atoms with Gasteiger partial charge >= 0.3 is 0 Å². The minimum Gasteiger partial charge on any atom is -0.495 e. The quantitative estimate of drug-likeness (QED) is 0.204. The third-order valence-corrected chi connectivity index (χ3v) is 11.2. The van der Waals surface area contributed by atoms with Crippen molar-refractivity contribution in [3.05, 3.63) is 29.6 Å². The molecule has 3 saturated heterocycles. The highest BCUT2D eigenvalue weighted by molar-refractivity contribution is 6.67. The molecule has 19 heteroatoms. The smallest absolute Gasteiger partial charge is 0.271 e. The number of nitrogens with one attached hydrogen (secondary N) is 2. The van der Waals surface area contributed by atoms with Crippen LogP contribution in [0.3, 0.4) is 0 Å². The van der Waals surface area contributed by atoms with Crippen LogP contribution in [0, 0.1) is 0 Å². The number of primary amides is 1. The van der Waals surface area contributed by atoms with Crippen molar-refractivity contribution in [2.75, 3.05) is 75.1 Å². The van der Waals surface area contributed by atoms with Gasteiger partial charge in [0.15, 0.2) is 11.5 Å². The van der Waals surface area contributed by atoms with E-state index in [9.17, 15) is 4.79 Å². The predicted octanol–water partition coefficient (Wildman–Crippen LogP) is -5.59. The average Bonchev–Trinajstić information content (AvgIpc) is 3.04. The molecule has 0 radical (unpaired) electrons. The summed E-state index contributed by atoms with van der Waals surface area (Å²) in [4.78, 5) is 30.5. The van der Waals surface area contributed by atoms with Gasteiger partial charge in [-0.15, -0.1) is 5.11 Å². The normalized spacial score (nSPS) is 19.6. The van der Waals surface area contributed by atoms with Gasteiger partial charge < -0.3 is 35.6 Å². The Morgan fingerprint density at radius 2 is 1.56 bits per heavy atom. The molecule has 2 aromatic rings. The number of carbonyl (C=O) groups is 1. The second-order valence-electron chi connectivity index (χ2n) is 16.3. The van der Waals surface area contributed by atoms with E-state index in [1.54, 1.807) is 7.11 Å². The number of hydrogen-bond acceptors (Lipinski definition) is 10. The Morgan fingerprint density at radius 1 is 0.917 bits per heavy atom. The monoisotopic (exact) mass is 648 g/mol. The largest absolute Gasteiger partial charge is 0.495 e. The van der Waals surface area contributed by atoms with E-state index in [1.165, 1.54) is 0 Å². The summed E-state index contributed by atoms with van der Waals surface area (Å²) < 4.78 is 11.5. The molecule has 250 valence electrons. The summed E-state index contributed by atoms with van der Waals surface area (Å²) in [7, 11) is 19.4. The Kier molecular flexibility index (Phi) is 11.2. The maximum Gasteiger partial charge on any atom is 0.271 e. The average molecular weight is 647 g/mol. The van der Waals surface area contributed by atoms with Crippen LogP contribution in [0.5, 0.6) is 5.75 Å². The minimum absolute atomic E-state index is 0.119. The molecule has 4 N–H and O–H groups in total. The fourth-order valence-corrected chi connectivity index (χ4v) is 7.00. The summed E-state index contributed by atoms with van der Waals surface area (Å²) >= 11 is 0. The van der Waals surface area contributed by atoms with Gasteiger partial charge in [0.2, 0.25) is 0 Å². The second-order valence-corrected chi connectivity index (χ2v) is 16.3. The van der Waals surface area contributed by atoms with Crippen LogP contribution in [-0.2, 0) is 9.95 Å². The van der Waals surface area contributed by atoms with E-state index in [0.29, 0.717) is 30.9 Å². The molecule has 1 amide bonds. The molecule has 48 heavy (non-hydrogen) atoms. The standard InChI is InChI=1S/C29H52B8N8O3/c1-47-21-16-18(2-3-20(21)44-8-4-19(5-9-44)43-10-12-45(13-11-43)29(35,36)37)40-25-22(24(38)46)41-23(27(30,31)28(32,33)34)26(42-25)39-17-6-14-48-15-7-17/h2-3,16-17,19H,4-15,30-37H2,1H3,(H2,38,46)(H2,39,40,42). The topological polar surface area (TPSA) is 121 Å². The summed E-state index contributed by atoms with van der Waals surface area (Å²) in [6.07, 6.45) is 4.02. The number of piperazine rings is 1. The summed E-state index contributed by atoms with van der Waals surface area (Å²) in [6, 6.07) is 6.90. The first-order valence-electron chi connectivity index (χ1n) is 17.8. The van der Waals surface area contributed by atoms with Gasteiger partial charge in [-0.25, -0.2) is 9.97 Å². The predicted molar refractivity (Wildman–Crippen MR) is 218 cm³/mol. The van der Waals surface area contributed by atoms with Crippen molar-refractivity contribution in [2.45, 2.75) is 53.3 Å². The molecule has 0 atom stereocenters. The zero-order valence-corrected chi connectivity index (χ0v) is 30.9. The number of carbonyl (C=O) groups excluding carboxylic acids is 1. The number of piperidine rings is 1. The lowest BCUT2D eigenvalue weighted by Crippen LogP contribution is -2.60. The molecular weight excluding hydrogens is 595 g/mol. The molecule has 11 nitrogen and oxygen atoms in total. The molecule has 1 aromatic heterocycles. The zero-order valence-electron chi connectivity index (χ0n) is 30.9. The number of ether oxygens (including phenoxy) is 2. The highest BCUT2D eigenvalue weighted by Gasteiger charge is 2.39. The van der Waals surface area contributed by atoms with Gasteiger partial charge in [0.25, 0.3) is 5.91 Å². The number of benzene rings is 1. The van der Waals surface area contributed by atoms with E-state index in [-0.39, 0.29) is 22.1 Å². The van der Waals surface area contributed by atoms with Gasteiger partial charge in [0.05, 0.1) is 42.0 Å². The molecule has 3 aliphatic heterocycles. The Morgan fingerprint density at radius 3 is 2.12 bits per heavy atom. The van der Waals surface area contributed by atoms with Crippen LogP contribution >= 0.6 is 0 Å². The summed E-state index contributed by atoms with van der Waals surface area (Å²) in [5.74, 6) is 1.14. The second kappa shape index (κ2) is 14.7. The maximum absolute atomic E-state index is 12.8. The number of nitrogens with two attached hydrogens (primary N) is 1. The van der Waals surface area contributed by atoms with Crippen molar-refractivity contribution in [1.29, 1.82) is 0 Å². The molecule has 0 bridgehead atoms. The van der Waals surface area contributed by atoms with Gasteiger partial charge in [0, 0.05) is 76.3 Å². The van der Waals surface area contributed by atoms with Crippen LogP contribution in [-0.4, -0.2) is 165 Å². The number of methoxy groups -OCH3 is 1. The van der Waals surface area contributed by atoms with Crippen molar-refractivity contribution in [2.24, 2.45) is 5.73 Å². The van der Waals surface area contributed by atoms with E-state index < -0.39 is 11.1 Å². The van der Waals surface area contributed by atoms with Crippen molar-refractivity contribution in [3.8, 4) is 5.75 Å². The number of anilines is 4. The van der Waals surface area contributed by atoms with Crippen LogP contribution in [0.25, 0.3) is 0 Å². The first kappa shape index (κ1) is 36.6. The molecule has 1 aromatic carbocycles. The lowest BCUT2D eigenvalue weighted by molar-refractivity contribution is 0.0830. The van der Waals surface area contributed by atoms with Crippen molar-refractivity contribution in [1.82, 2.24) is 19.8 Å². The molecule has 3 fully saturated rings. The van der Waals surface area contributed by atoms with Crippen LogP contribution in [0.2, 0.25) is 5.11 Å². The van der Waals surface area contributed by atoms with Crippen molar-refractivity contribution in [3.63, 3.8) is 0 Å². The zero-order chi connectivity index (χ0) is 34.9. The molecule has 3 aliphatic rings. The number of nitrogens with zero attached hydrogens (tertiary/aromatic N) is 5. The van der Waals surface area contributed by atoms with Gasteiger partial charge in [-0.2, -0.15) is 0 Å². The van der Waals surface area contributed by atoms with Crippen LogP contribution in [0.4, 0.5) is 23.0 Å². The Labute approximate surface area is 294 Å². The molecule has 0 aliphatic carbocycles. The van der Waals surface area contributed by atoms with Crippen LogP contribution < -0.4 is 26.0 Å². The molecule has 0 unspecified atom stereocenters. The third kappa shape index (κ3) is 8.21. The van der Waals surface area contributed by atoms with Gasteiger partial charge in [-0.3, -0.25) is 9.69 Å². The Hall–Kier alpha value is -2.63. The van der Waals surface area contributed by atoms with Crippen molar-refractivity contribution >= 4 is 91.7 Å². The summed E-state index contributed by atoms with van der Waals surface area (Å²) in [5.41, 5.74) is 8.61. The summed E-state index contributed by atoms with van der Waals surface area (Å²) in [6.45, 7) is 7.92. The molecule has 0 spiro atoms. The minimum atomic E-state index is -0.625.